The molecule has 3 nitrogen and oxygen atoms in total. The molecule has 4 atom stereocenters. The van der Waals surface area contributed by atoms with Crippen molar-refractivity contribution in [3.05, 3.63) is 48.0 Å². The first-order chi connectivity index (χ1) is 10.9. The minimum atomic E-state index is -0.770. The van der Waals surface area contributed by atoms with E-state index in [4.69, 9.17) is 4.42 Å². The van der Waals surface area contributed by atoms with Crippen molar-refractivity contribution in [2.45, 2.75) is 46.5 Å². The van der Waals surface area contributed by atoms with Gasteiger partial charge in [0.15, 0.2) is 0 Å². The molecule has 3 rings (SSSR count). The van der Waals surface area contributed by atoms with E-state index >= 15 is 0 Å². The van der Waals surface area contributed by atoms with Crippen LogP contribution >= 0.6 is 0 Å². The van der Waals surface area contributed by atoms with Crippen molar-refractivity contribution in [2.75, 3.05) is 0 Å². The van der Waals surface area contributed by atoms with E-state index in [1.54, 1.807) is 12.3 Å². The van der Waals surface area contributed by atoms with E-state index in [0.717, 1.165) is 25.7 Å². The first-order valence-electron chi connectivity index (χ1n) is 8.51. The Bertz CT molecular complexity index is 640. The van der Waals surface area contributed by atoms with Gasteiger partial charge in [0.05, 0.1) is 12.5 Å². The predicted octanol–water partition coefficient (Wildman–Crippen LogP) is 4.85. The highest BCUT2D eigenvalue weighted by Crippen LogP contribution is 2.60. The normalized spacial score (nSPS) is 36.4. The third-order valence-electron chi connectivity index (χ3n) is 6.56. The summed E-state index contributed by atoms with van der Waals surface area (Å²) in [6.45, 7) is 6.81. The first-order valence-corrected chi connectivity index (χ1v) is 8.51. The monoisotopic (exact) mass is 314 g/mol. The van der Waals surface area contributed by atoms with Crippen LogP contribution in [0.3, 0.4) is 0 Å². The maximum Gasteiger partial charge on any atom is 0.332 e. The van der Waals surface area contributed by atoms with Crippen molar-refractivity contribution in [3.63, 3.8) is 0 Å². The van der Waals surface area contributed by atoms with Crippen molar-refractivity contribution < 1.29 is 14.3 Å². The van der Waals surface area contributed by atoms with E-state index in [2.05, 4.69) is 26.8 Å². The first kappa shape index (κ1) is 16.1. The summed E-state index contributed by atoms with van der Waals surface area (Å²) < 4.78 is 5.19. The maximum atomic E-state index is 11.7. The average Bonchev–Trinajstić information content (AvgIpc) is 3.02. The van der Waals surface area contributed by atoms with Gasteiger partial charge in [0.25, 0.3) is 0 Å². The number of hydrogen-bond donors (Lipinski definition) is 1. The lowest BCUT2D eigenvalue weighted by Gasteiger charge is -2.56. The van der Waals surface area contributed by atoms with Crippen LogP contribution in [-0.4, -0.2) is 11.1 Å². The Morgan fingerprint density at radius 1 is 1.43 bits per heavy atom. The Kier molecular flexibility index (Phi) is 3.99. The molecule has 0 amide bonds. The molecule has 124 valence electrons. The van der Waals surface area contributed by atoms with Crippen molar-refractivity contribution >= 4 is 5.97 Å². The summed E-state index contributed by atoms with van der Waals surface area (Å²) in [4.78, 5) is 11.7. The molecule has 1 saturated carbocycles. The number of allylic oxidation sites excluding steroid dienone is 3. The SMILES string of the molecule is C[C@H]1CC[C@@]2(C)C(C(=O)O)=CC=C[C@H]2[C@]1(C)CCc1ccoc1. The zero-order valence-electron chi connectivity index (χ0n) is 14.2. The van der Waals surface area contributed by atoms with Crippen molar-refractivity contribution in [2.24, 2.45) is 22.7 Å². The Hall–Kier alpha value is -1.77. The lowest BCUT2D eigenvalue weighted by Crippen LogP contribution is -2.50. The standard InChI is InChI=1S/C20H26O3/c1-14-7-10-20(3)16(18(21)22)5-4-6-17(20)19(14,2)11-8-15-9-12-23-13-15/h4-6,9,12-14,17H,7-8,10-11H2,1-3H3,(H,21,22)/t14-,17-,19+,20-/m0/s1. The van der Waals surface area contributed by atoms with Gasteiger partial charge in [-0.15, -0.1) is 0 Å². The van der Waals surface area contributed by atoms with E-state index in [1.165, 1.54) is 5.56 Å². The van der Waals surface area contributed by atoms with Crippen LogP contribution < -0.4 is 0 Å². The molecule has 0 saturated heterocycles. The summed E-state index contributed by atoms with van der Waals surface area (Å²) in [5, 5.41) is 9.64. The molecule has 2 aliphatic rings. The lowest BCUT2D eigenvalue weighted by molar-refractivity contribution is -0.135. The second-order valence-electron chi connectivity index (χ2n) is 7.74. The van der Waals surface area contributed by atoms with E-state index in [-0.39, 0.29) is 16.7 Å². The Morgan fingerprint density at radius 3 is 2.87 bits per heavy atom. The summed E-state index contributed by atoms with van der Waals surface area (Å²) in [5.74, 6) is 0.0700. The van der Waals surface area contributed by atoms with Crippen LogP contribution in [0.5, 0.6) is 0 Å². The molecule has 0 aromatic carbocycles. The van der Waals surface area contributed by atoms with Gasteiger partial charge in [0.1, 0.15) is 0 Å². The van der Waals surface area contributed by atoms with Gasteiger partial charge in [-0.1, -0.05) is 39.0 Å². The summed E-state index contributed by atoms with van der Waals surface area (Å²) >= 11 is 0. The van der Waals surface area contributed by atoms with Gasteiger partial charge in [-0.05, 0) is 54.6 Å². The molecule has 1 N–H and O–H groups in total. The largest absolute Gasteiger partial charge is 0.478 e. The zero-order chi connectivity index (χ0) is 16.7. The molecule has 2 aliphatic carbocycles. The fraction of sp³-hybridized carbons (Fsp3) is 0.550. The van der Waals surface area contributed by atoms with Crippen LogP contribution in [0, 0.1) is 22.7 Å². The fourth-order valence-electron chi connectivity index (χ4n) is 4.79. The highest BCUT2D eigenvalue weighted by Gasteiger charge is 2.54. The molecule has 1 aromatic rings. The molecule has 1 fully saturated rings. The number of fused-ring (bicyclic) bond motifs is 1. The summed E-state index contributed by atoms with van der Waals surface area (Å²) in [5.41, 5.74) is 1.62. The number of rotatable bonds is 4. The molecule has 1 heterocycles. The van der Waals surface area contributed by atoms with E-state index < -0.39 is 5.97 Å². The Labute approximate surface area is 138 Å². The van der Waals surface area contributed by atoms with Crippen LogP contribution in [0.1, 0.15) is 45.6 Å². The number of carboxylic acids is 1. The third-order valence-corrected chi connectivity index (χ3v) is 6.56. The van der Waals surface area contributed by atoms with Gasteiger partial charge < -0.3 is 9.52 Å². The van der Waals surface area contributed by atoms with Crippen LogP contribution in [0.25, 0.3) is 0 Å². The topological polar surface area (TPSA) is 50.4 Å². The number of carbonyl (C=O) groups is 1. The smallest absolute Gasteiger partial charge is 0.332 e. The molecular weight excluding hydrogens is 288 g/mol. The van der Waals surface area contributed by atoms with Crippen LogP contribution in [-0.2, 0) is 11.2 Å². The van der Waals surface area contributed by atoms with E-state index in [9.17, 15) is 9.90 Å². The van der Waals surface area contributed by atoms with Crippen molar-refractivity contribution in [1.82, 2.24) is 0 Å². The van der Waals surface area contributed by atoms with Gasteiger partial charge in [-0.3, -0.25) is 0 Å². The minimum Gasteiger partial charge on any atom is -0.478 e. The third kappa shape index (κ3) is 2.56. The molecule has 0 radical (unpaired) electrons. The highest BCUT2D eigenvalue weighted by molar-refractivity contribution is 5.89. The minimum absolute atomic E-state index is 0.0930. The molecule has 0 unspecified atom stereocenters. The van der Waals surface area contributed by atoms with Gasteiger partial charge in [0, 0.05) is 11.0 Å². The average molecular weight is 314 g/mol. The summed E-state index contributed by atoms with van der Waals surface area (Å²) in [6, 6.07) is 2.02. The second-order valence-corrected chi connectivity index (χ2v) is 7.74. The van der Waals surface area contributed by atoms with Crippen molar-refractivity contribution in [3.8, 4) is 0 Å². The second kappa shape index (κ2) is 5.70. The maximum absolute atomic E-state index is 11.7. The molecular formula is C20H26O3. The summed E-state index contributed by atoms with van der Waals surface area (Å²) in [6.07, 6.45) is 13.6. The molecule has 3 heteroatoms. The number of hydrogen-bond acceptors (Lipinski definition) is 2. The van der Waals surface area contributed by atoms with Gasteiger partial charge >= 0.3 is 5.97 Å². The van der Waals surface area contributed by atoms with E-state index in [0.29, 0.717) is 11.5 Å². The molecule has 0 spiro atoms. The molecule has 0 bridgehead atoms. The predicted molar refractivity (Wildman–Crippen MR) is 90.0 cm³/mol. The lowest BCUT2D eigenvalue weighted by atomic mass is 9.48. The molecule has 23 heavy (non-hydrogen) atoms. The van der Waals surface area contributed by atoms with Gasteiger partial charge in [-0.25, -0.2) is 4.79 Å². The van der Waals surface area contributed by atoms with E-state index in [1.807, 2.05) is 18.4 Å². The molecule has 1 aromatic heterocycles. The van der Waals surface area contributed by atoms with Crippen molar-refractivity contribution in [1.29, 1.82) is 0 Å². The quantitative estimate of drug-likeness (QED) is 0.864. The molecule has 0 aliphatic heterocycles. The zero-order valence-corrected chi connectivity index (χ0v) is 14.2. The number of furan rings is 1. The Balaban J connectivity index is 1.91. The van der Waals surface area contributed by atoms with Crippen LogP contribution in [0.4, 0.5) is 0 Å². The number of aryl methyl sites for hydroxylation is 1. The van der Waals surface area contributed by atoms with Crippen LogP contribution in [0.2, 0.25) is 0 Å². The fourth-order valence-corrected chi connectivity index (χ4v) is 4.79. The number of carboxylic acid groups (broad SMARTS) is 1. The summed E-state index contributed by atoms with van der Waals surface area (Å²) in [7, 11) is 0. The van der Waals surface area contributed by atoms with Gasteiger partial charge in [0.2, 0.25) is 0 Å². The Morgan fingerprint density at radius 2 is 2.22 bits per heavy atom. The van der Waals surface area contributed by atoms with Gasteiger partial charge in [-0.2, -0.15) is 0 Å². The highest BCUT2D eigenvalue weighted by atomic mass is 16.4. The van der Waals surface area contributed by atoms with Crippen LogP contribution in [0.15, 0.2) is 46.8 Å². The number of aliphatic carboxylic acids is 1.